The number of nitrogens with one attached hydrogen (secondary N) is 3. The normalized spacial score (nSPS) is 10.3. The third-order valence-corrected chi connectivity index (χ3v) is 2.71. The van der Waals surface area contributed by atoms with E-state index in [1.807, 2.05) is 38.2 Å². The molecule has 2 rings (SSSR count). The maximum Gasteiger partial charge on any atom is 0.259 e. The summed E-state index contributed by atoms with van der Waals surface area (Å²) in [4.78, 5) is 12.1. The highest BCUT2D eigenvalue weighted by atomic mass is 16.1. The molecule has 1 aromatic heterocycles. The van der Waals surface area contributed by atoms with E-state index in [9.17, 15) is 4.79 Å². The summed E-state index contributed by atoms with van der Waals surface area (Å²) in [5.41, 5.74) is 3.19. The smallest absolute Gasteiger partial charge is 0.259 e. The summed E-state index contributed by atoms with van der Waals surface area (Å²) in [6.45, 7) is 2.53. The number of H-pyrrole nitrogens is 1. The molecule has 0 aliphatic carbocycles. The van der Waals surface area contributed by atoms with Gasteiger partial charge in [-0.1, -0.05) is 18.2 Å². The number of benzene rings is 1. The molecule has 0 atom stereocenters. The van der Waals surface area contributed by atoms with Gasteiger partial charge in [0.15, 0.2) is 0 Å². The monoisotopic (exact) mass is 244 g/mol. The van der Waals surface area contributed by atoms with Gasteiger partial charge in [-0.25, -0.2) is 0 Å². The number of aromatic nitrogens is 2. The van der Waals surface area contributed by atoms with E-state index in [4.69, 9.17) is 0 Å². The number of amides is 1. The number of aromatic amines is 1. The van der Waals surface area contributed by atoms with Crippen LogP contribution in [0.5, 0.6) is 0 Å². The molecule has 5 nitrogen and oxygen atoms in total. The minimum Gasteiger partial charge on any atom is -0.322 e. The SMILES string of the molecule is CNCc1ccccc1NC(=O)c1cn[nH]c1C. The Bertz CT molecular complexity index is 547. The summed E-state index contributed by atoms with van der Waals surface area (Å²) in [5.74, 6) is -0.148. The molecule has 18 heavy (non-hydrogen) atoms. The van der Waals surface area contributed by atoms with Crippen LogP contribution in [-0.4, -0.2) is 23.2 Å². The second-order valence-corrected chi connectivity index (χ2v) is 4.05. The molecule has 1 aromatic carbocycles. The van der Waals surface area contributed by atoms with Gasteiger partial charge in [0.2, 0.25) is 0 Å². The quantitative estimate of drug-likeness (QED) is 0.766. The average molecular weight is 244 g/mol. The van der Waals surface area contributed by atoms with E-state index in [0.29, 0.717) is 12.1 Å². The molecule has 0 saturated heterocycles. The Kier molecular flexibility index (Phi) is 3.74. The van der Waals surface area contributed by atoms with E-state index >= 15 is 0 Å². The molecule has 0 bridgehead atoms. The third-order valence-electron chi connectivity index (χ3n) is 2.71. The van der Waals surface area contributed by atoms with Crippen LogP contribution in [0.1, 0.15) is 21.6 Å². The van der Waals surface area contributed by atoms with Crippen molar-refractivity contribution in [1.29, 1.82) is 0 Å². The van der Waals surface area contributed by atoms with E-state index in [2.05, 4.69) is 20.8 Å². The fourth-order valence-electron chi connectivity index (χ4n) is 1.76. The van der Waals surface area contributed by atoms with Gasteiger partial charge in [-0.15, -0.1) is 0 Å². The number of anilines is 1. The molecule has 2 aromatic rings. The molecule has 1 heterocycles. The lowest BCUT2D eigenvalue weighted by molar-refractivity contribution is 0.102. The second-order valence-electron chi connectivity index (χ2n) is 4.05. The second kappa shape index (κ2) is 5.46. The Morgan fingerprint density at radius 1 is 1.39 bits per heavy atom. The molecule has 0 saturated carbocycles. The Morgan fingerprint density at radius 3 is 2.83 bits per heavy atom. The van der Waals surface area contributed by atoms with Gasteiger partial charge < -0.3 is 10.6 Å². The van der Waals surface area contributed by atoms with Crippen LogP contribution >= 0.6 is 0 Å². The lowest BCUT2D eigenvalue weighted by Crippen LogP contribution is -2.15. The van der Waals surface area contributed by atoms with Crippen molar-refractivity contribution in [1.82, 2.24) is 15.5 Å². The van der Waals surface area contributed by atoms with Crippen molar-refractivity contribution in [2.45, 2.75) is 13.5 Å². The first-order chi connectivity index (χ1) is 8.72. The van der Waals surface area contributed by atoms with Crippen LogP contribution in [0.4, 0.5) is 5.69 Å². The largest absolute Gasteiger partial charge is 0.322 e. The molecule has 0 radical (unpaired) electrons. The molecule has 0 fully saturated rings. The fourth-order valence-corrected chi connectivity index (χ4v) is 1.76. The molecule has 0 spiro atoms. The van der Waals surface area contributed by atoms with Crippen LogP contribution in [0.25, 0.3) is 0 Å². The standard InChI is InChI=1S/C13H16N4O/c1-9-11(8-15-17-9)13(18)16-12-6-4-3-5-10(12)7-14-2/h3-6,8,14H,7H2,1-2H3,(H,15,17)(H,16,18). The molecule has 94 valence electrons. The van der Waals surface area contributed by atoms with Crippen LogP contribution < -0.4 is 10.6 Å². The van der Waals surface area contributed by atoms with Crippen molar-refractivity contribution in [3.63, 3.8) is 0 Å². The lowest BCUT2D eigenvalue weighted by atomic mass is 10.1. The summed E-state index contributed by atoms with van der Waals surface area (Å²) in [7, 11) is 1.87. The van der Waals surface area contributed by atoms with Crippen LogP contribution in [-0.2, 0) is 6.54 Å². The molecule has 5 heteroatoms. The summed E-state index contributed by atoms with van der Waals surface area (Å²) < 4.78 is 0. The first-order valence-corrected chi connectivity index (χ1v) is 5.76. The Labute approximate surface area is 106 Å². The summed E-state index contributed by atoms with van der Waals surface area (Å²) in [5, 5.41) is 12.6. The first kappa shape index (κ1) is 12.3. The third kappa shape index (κ3) is 2.57. The van der Waals surface area contributed by atoms with Crippen LogP contribution in [0.15, 0.2) is 30.5 Å². The van der Waals surface area contributed by atoms with Crippen molar-refractivity contribution in [2.75, 3.05) is 12.4 Å². The number of nitrogens with zero attached hydrogens (tertiary/aromatic N) is 1. The predicted octanol–water partition coefficient (Wildman–Crippen LogP) is 1.69. The van der Waals surface area contributed by atoms with Crippen molar-refractivity contribution in [2.24, 2.45) is 0 Å². The molecule has 0 aliphatic rings. The summed E-state index contributed by atoms with van der Waals surface area (Å²) in [6, 6.07) is 7.72. The number of carbonyl (C=O) groups excluding carboxylic acids is 1. The minimum atomic E-state index is -0.148. The van der Waals surface area contributed by atoms with Crippen molar-refractivity contribution in [3.05, 3.63) is 47.3 Å². The van der Waals surface area contributed by atoms with Crippen LogP contribution in [0.2, 0.25) is 0 Å². The average Bonchev–Trinajstić information content (AvgIpc) is 2.78. The van der Waals surface area contributed by atoms with Crippen molar-refractivity contribution < 1.29 is 4.79 Å². The number of rotatable bonds is 4. The van der Waals surface area contributed by atoms with Gasteiger partial charge in [-0.3, -0.25) is 9.89 Å². The summed E-state index contributed by atoms with van der Waals surface area (Å²) in [6.07, 6.45) is 1.53. The molecule has 1 amide bonds. The topological polar surface area (TPSA) is 69.8 Å². The Balaban J connectivity index is 2.19. The molecular formula is C13H16N4O. The van der Waals surface area contributed by atoms with E-state index in [1.165, 1.54) is 6.20 Å². The molecule has 0 unspecified atom stereocenters. The highest BCUT2D eigenvalue weighted by molar-refractivity contribution is 6.05. The zero-order valence-electron chi connectivity index (χ0n) is 10.4. The Hall–Kier alpha value is -2.14. The maximum atomic E-state index is 12.1. The Morgan fingerprint density at radius 2 is 2.17 bits per heavy atom. The van der Waals surface area contributed by atoms with Gasteiger partial charge in [0.25, 0.3) is 5.91 Å². The number of hydrogen-bond acceptors (Lipinski definition) is 3. The van der Waals surface area contributed by atoms with Gasteiger partial charge in [0, 0.05) is 17.9 Å². The highest BCUT2D eigenvalue weighted by Crippen LogP contribution is 2.16. The highest BCUT2D eigenvalue weighted by Gasteiger charge is 2.12. The number of hydrogen-bond donors (Lipinski definition) is 3. The maximum absolute atomic E-state index is 12.1. The summed E-state index contributed by atoms with van der Waals surface area (Å²) >= 11 is 0. The minimum absolute atomic E-state index is 0.148. The van der Waals surface area contributed by atoms with Crippen LogP contribution in [0, 0.1) is 6.92 Å². The van der Waals surface area contributed by atoms with Crippen molar-refractivity contribution >= 4 is 11.6 Å². The number of carbonyl (C=O) groups is 1. The molecular weight excluding hydrogens is 228 g/mol. The molecule has 3 N–H and O–H groups in total. The predicted molar refractivity (Wildman–Crippen MR) is 70.5 cm³/mol. The van der Waals surface area contributed by atoms with Crippen LogP contribution in [0.3, 0.4) is 0 Å². The number of para-hydroxylation sites is 1. The van der Waals surface area contributed by atoms with E-state index in [0.717, 1.165) is 16.9 Å². The van der Waals surface area contributed by atoms with Gasteiger partial charge in [0.1, 0.15) is 0 Å². The zero-order chi connectivity index (χ0) is 13.0. The van der Waals surface area contributed by atoms with Gasteiger partial charge in [-0.2, -0.15) is 5.10 Å². The van der Waals surface area contributed by atoms with Crippen molar-refractivity contribution in [3.8, 4) is 0 Å². The van der Waals surface area contributed by atoms with E-state index in [-0.39, 0.29) is 5.91 Å². The zero-order valence-corrected chi connectivity index (χ0v) is 10.4. The van der Waals surface area contributed by atoms with Gasteiger partial charge in [0.05, 0.1) is 11.8 Å². The van der Waals surface area contributed by atoms with Gasteiger partial charge in [-0.05, 0) is 25.6 Å². The first-order valence-electron chi connectivity index (χ1n) is 5.76. The van der Waals surface area contributed by atoms with E-state index < -0.39 is 0 Å². The number of aryl methyl sites for hydroxylation is 1. The lowest BCUT2D eigenvalue weighted by Gasteiger charge is -2.10. The molecule has 0 aliphatic heterocycles. The van der Waals surface area contributed by atoms with E-state index in [1.54, 1.807) is 0 Å². The fraction of sp³-hybridized carbons (Fsp3) is 0.231. The van der Waals surface area contributed by atoms with Gasteiger partial charge >= 0.3 is 0 Å².